The highest BCUT2D eigenvalue weighted by atomic mass is 35.5. The second-order valence-corrected chi connectivity index (χ2v) is 6.28. The van der Waals surface area contributed by atoms with Crippen LogP contribution < -0.4 is 5.32 Å². The number of likely N-dealkylation sites (N-methyl/N-ethyl adjacent to an activating group) is 1. The molecule has 2 heterocycles. The summed E-state index contributed by atoms with van der Waals surface area (Å²) in [4.78, 5) is 14.6. The lowest BCUT2D eigenvalue weighted by molar-refractivity contribution is 0.0737. The number of carbonyl (C=O) groups is 1. The minimum atomic E-state index is 0.0631. The summed E-state index contributed by atoms with van der Waals surface area (Å²) in [5, 5.41) is 8.18. The first kappa shape index (κ1) is 16.0. The Morgan fingerprint density at radius 2 is 2.26 bits per heavy atom. The van der Waals surface area contributed by atoms with Crippen LogP contribution in [0.4, 0.5) is 0 Å². The Bertz CT molecular complexity index is 685. The summed E-state index contributed by atoms with van der Waals surface area (Å²) in [5.41, 5.74) is 1.63. The van der Waals surface area contributed by atoms with Gasteiger partial charge in [-0.1, -0.05) is 29.8 Å². The van der Waals surface area contributed by atoms with Crippen molar-refractivity contribution in [2.24, 2.45) is 0 Å². The molecule has 0 radical (unpaired) electrons. The van der Waals surface area contributed by atoms with E-state index in [2.05, 4.69) is 10.4 Å². The number of nitrogens with zero attached hydrogens (tertiary/aromatic N) is 3. The molecular formula is C17H21ClN4O. The number of aromatic nitrogens is 2. The van der Waals surface area contributed by atoms with E-state index in [4.69, 9.17) is 11.6 Å². The molecule has 1 unspecified atom stereocenters. The van der Waals surface area contributed by atoms with Crippen LogP contribution in [0.3, 0.4) is 0 Å². The van der Waals surface area contributed by atoms with Gasteiger partial charge >= 0.3 is 0 Å². The molecule has 1 atom stereocenters. The monoisotopic (exact) mass is 332 g/mol. The van der Waals surface area contributed by atoms with Gasteiger partial charge in [0.15, 0.2) is 0 Å². The van der Waals surface area contributed by atoms with E-state index in [1.807, 2.05) is 36.2 Å². The van der Waals surface area contributed by atoms with Gasteiger partial charge in [-0.15, -0.1) is 0 Å². The molecule has 1 aliphatic heterocycles. The Hall–Kier alpha value is -1.85. The lowest BCUT2D eigenvalue weighted by atomic mass is 10.2. The fraction of sp³-hybridized carbons (Fsp3) is 0.412. The van der Waals surface area contributed by atoms with Gasteiger partial charge in [-0.05, 0) is 31.5 Å². The van der Waals surface area contributed by atoms with Crippen molar-refractivity contribution in [2.45, 2.75) is 25.4 Å². The summed E-state index contributed by atoms with van der Waals surface area (Å²) in [7, 11) is 1.92. The maximum absolute atomic E-state index is 12.7. The van der Waals surface area contributed by atoms with E-state index in [0.717, 1.165) is 31.5 Å². The Kier molecular flexibility index (Phi) is 4.98. The second kappa shape index (κ2) is 7.15. The molecule has 1 aromatic carbocycles. The quantitative estimate of drug-likeness (QED) is 0.914. The third-order valence-corrected chi connectivity index (χ3v) is 4.62. The van der Waals surface area contributed by atoms with Crippen molar-refractivity contribution in [2.75, 3.05) is 20.1 Å². The fourth-order valence-corrected chi connectivity index (χ4v) is 3.27. The van der Waals surface area contributed by atoms with Crippen LogP contribution in [-0.2, 0) is 6.54 Å². The zero-order valence-corrected chi connectivity index (χ0v) is 14.0. The zero-order valence-electron chi connectivity index (χ0n) is 13.2. The first-order valence-corrected chi connectivity index (χ1v) is 8.28. The van der Waals surface area contributed by atoms with Crippen molar-refractivity contribution < 1.29 is 4.79 Å². The Morgan fingerprint density at radius 3 is 3.04 bits per heavy atom. The number of hydrogen-bond donors (Lipinski definition) is 1. The molecule has 1 fully saturated rings. The van der Waals surface area contributed by atoms with Crippen LogP contribution in [0.2, 0.25) is 5.02 Å². The maximum atomic E-state index is 12.7. The standard InChI is InChI=1S/C17H21ClN4O/c1-19-10-15-6-4-8-22(15)17(23)14-9-20-21(12-14)11-13-5-2-3-7-16(13)18/h2-3,5,7,9,12,15,19H,4,6,8,10-11H2,1H3. The molecule has 0 saturated carbocycles. The summed E-state index contributed by atoms with van der Waals surface area (Å²) >= 11 is 6.18. The van der Waals surface area contributed by atoms with E-state index >= 15 is 0 Å². The molecule has 1 aromatic heterocycles. The number of likely N-dealkylation sites (tertiary alicyclic amines) is 1. The normalized spacial score (nSPS) is 17.7. The number of amides is 1. The molecule has 5 nitrogen and oxygen atoms in total. The van der Waals surface area contributed by atoms with Crippen LogP contribution in [0.5, 0.6) is 0 Å². The van der Waals surface area contributed by atoms with Crippen molar-refractivity contribution in [3.8, 4) is 0 Å². The average molecular weight is 333 g/mol. The first-order chi connectivity index (χ1) is 11.2. The molecule has 0 spiro atoms. The number of carbonyl (C=O) groups excluding carboxylic acids is 1. The minimum Gasteiger partial charge on any atom is -0.334 e. The third-order valence-electron chi connectivity index (χ3n) is 4.25. The van der Waals surface area contributed by atoms with Crippen molar-refractivity contribution >= 4 is 17.5 Å². The molecule has 2 aromatic rings. The van der Waals surface area contributed by atoms with Gasteiger partial charge in [0, 0.05) is 30.4 Å². The highest BCUT2D eigenvalue weighted by Crippen LogP contribution is 2.20. The summed E-state index contributed by atoms with van der Waals surface area (Å²) in [6.45, 7) is 2.22. The van der Waals surface area contributed by atoms with Crippen molar-refractivity contribution in [3.63, 3.8) is 0 Å². The molecule has 0 bridgehead atoms. The van der Waals surface area contributed by atoms with Crippen molar-refractivity contribution in [1.29, 1.82) is 0 Å². The molecule has 1 N–H and O–H groups in total. The highest BCUT2D eigenvalue weighted by Gasteiger charge is 2.29. The molecular weight excluding hydrogens is 312 g/mol. The summed E-state index contributed by atoms with van der Waals surface area (Å²) < 4.78 is 1.76. The van der Waals surface area contributed by atoms with E-state index in [9.17, 15) is 4.79 Å². The second-order valence-electron chi connectivity index (χ2n) is 5.87. The summed E-state index contributed by atoms with van der Waals surface area (Å²) in [5.74, 6) is 0.0631. The number of nitrogens with one attached hydrogen (secondary N) is 1. The topological polar surface area (TPSA) is 50.2 Å². The third kappa shape index (κ3) is 3.57. The minimum absolute atomic E-state index is 0.0631. The maximum Gasteiger partial charge on any atom is 0.257 e. The van der Waals surface area contributed by atoms with Gasteiger partial charge in [-0.2, -0.15) is 5.10 Å². The van der Waals surface area contributed by atoms with Crippen LogP contribution in [0, 0.1) is 0 Å². The average Bonchev–Trinajstić information content (AvgIpc) is 3.19. The van der Waals surface area contributed by atoms with E-state index in [0.29, 0.717) is 17.1 Å². The molecule has 0 aliphatic carbocycles. The van der Waals surface area contributed by atoms with Gasteiger partial charge in [0.05, 0.1) is 18.3 Å². The van der Waals surface area contributed by atoms with E-state index in [1.54, 1.807) is 17.1 Å². The predicted molar refractivity (Wildman–Crippen MR) is 90.8 cm³/mol. The fourth-order valence-electron chi connectivity index (χ4n) is 3.08. The lowest BCUT2D eigenvalue weighted by Gasteiger charge is -2.23. The SMILES string of the molecule is CNCC1CCCN1C(=O)c1cnn(Cc2ccccc2Cl)c1. The van der Waals surface area contributed by atoms with E-state index < -0.39 is 0 Å². The predicted octanol–water partition coefficient (Wildman–Crippen LogP) is 2.41. The van der Waals surface area contributed by atoms with Crippen LogP contribution >= 0.6 is 11.6 Å². The molecule has 1 saturated heterocycles. The summed E-state index contributed by atoms with van der Waals surface area (Å²) in [6, 6.07) is 7.95. The number of halogens is 1. The van der Waals surface area contributed by atoms with E-state index in [-0.39, 0.29) is 11.9 Å². The Balaban J connectivity index is 1.71. The van der Waals surface area contributed by atoms with Crippen LogP contribution in [0.25, 0.3) is 0 Å². The van der Waals surface area contributed by atoms with Crippen LogP contribution in [-0.4, -0.2) is 46.8 Å². The summed E-state index contributed by atoms with van der Waals surface area (Å²) in [6.07, 6.45) is 5.57. The molecule has 1 amide bonds. The Labute approximate surface area is 141 Å². The zero-order chi connectivity index (χ0) is 16.2. The first-order valence-electron chi connectivity index (χ1n) is 7.90. The Morgan fingerprint density at radius 1 is 1.43 bits per heavy atom. The van der Waals surface area contributed by atoms with Gasteiger partial charge < -0.3 is 10.2 Å². The molecule has 3 rings (SSSR count). The number of rotatable bonds is 5. The van der Waals surface area contributed by atoms with Gasteiger partial charge in [0.1, 0.15) is 0 Å². The molecule has 122 valence electrons. The largest absolute Gasteiger partial charge is 0.334 e. The molecule has 1 aliphatic rings. The van der Waals surface area contributed by atoms with E-state index in [1.165, 1.54) is 0 Å². The lowest BCUT2D eigenvalue weighted by Crippen LogP contribution is -2.40. The molecule has 6 heteroatoms. The van der Waals surface area contributed by atoms with Gasteiger partial charge in [-0.3, -0.25) is 9.48 Å². The van der Waals surface area contributed by atoms with Crippen molar-refractivity contribution in [3.05, 3.63) is 52.8 Å². The molecule has 23 heavy (non-hydrogen) atoms. The van der Waals surface area contributed by atoms with Crippen molar-refractivity contribution in [1.82, 2.24) is 20.0 Å². The van der Waals surface area contributed by atoms with Crippen LogP contribution in [0.1, 0.15) is 28.8 Å². The number of hydrogen-bond acceptors (Lipinski definition) is 3. The smallest absolute Gasteiger partial charge is 0.257 e. The van der Waals surface area contributed by atoms with Gasteiger partial charge in [0.25, 0.3) is 5.91 Å². The van der Waals surface area contributed by atoms with Crippen LogP contribution in [0.15, 0.2) is 36.7 Å². The highest BCUT2D eigenvalue weighted by molar-refractivity contribution is 6.31. The van der Waals surface area contributed by atoms with Gasteiger partial charge in [0.2, 0.25) is 0 Å². The number of benzene rings is 1. The van der Waals surface area contributed by atoms with Gasteiger partial charge in [-0.25, -0.2) is 0 Å².